The van der Waals surface area contributed by atoms with Crippen LogP contribution in [0.15, 0.2) is 89.6 Å². The number of likely N-dealkylation sites (N-methyl/N-ethyl adjacent to an activating group) is 1. The minimum absolute atomic E-state index is 0.181. The van der Waals surface area contributed by atoms with Crippen LogP contribution in [-0.4, -0.2) is 55.5 Å². The van der Waals surface area contributed by atoms with E-state index in [1.807, 2.05) is 46.8 Å². The number of alkyl halides is 1. The number of rotatable bonds is 22. The van der Waals surface area contributed by atoms with Crippen molar-refractivity contribution in [3.05, 3.63) is 95.1 Å². The van der Waals surface area contributed by atoms with E-state index in [4.69, 9.17) is 0 Å². The number of carbonyl (C=O) groups excluding carboxylic acids is 1. The molecular formula is C45H77FN2O. The number of nitrogens with zero attached hydrogens (tertiary/aromatic N) is 2. The normalized spacial score (nSPS) is 13.6. The van der Waals surface area contributed by atoms with Crippen LogP contribution in [0.4, 0.5) is 4.39 Å². The number of halogens is 1. The molecule has 1 aromatic carbocycles. The van der Waals surface area contributed by atoms with Gasteiger partial charge in [-0.15, -0.1) is 0 Å². The molecule has 0 aliphatic heterocycles. The molecule has 0 aromatic heterocycles. The number of hydrogen-bond donors (Lipinski definition) is 0. The highest BCUT2D eigenvalue weighted by Gasteiger charge is 2.11. The second-order valence-corrected chi connectivity index (χ2v) is 12.5. The number of ketones is 1. The average molecular weight is 681 g/mol. The third-order valence-electron chi connectivity index (χ3n) is 8.38. The molecule has 0 radical (unpaired) electrons. The Kier molecular flexibility index (Phi) is 35.0. The molecule has 0 N–H and O–H groups in total. The molecule has 1 aliphatic rings. The smallest absolute Gasteiger partial charge is 0.162 e. The highest BCUT2D eigenvalue weighted by Crippen LogP contribution is 2.20. The average Bonchev–Trinajstić information content (AvgIpc) is 3.15. The van der Waals surface area contributed by atoms with E-state index in [0.29, 0.717) is 12.8 Å². The molecule has 4 heteroatoms. The number of carbonyl (C=O) groups is 1. The van der Waals surface area contributed by atoms with Crippen LogP contribution in [0.5, 0.6) is 0 Å². The van der Waals surface area contributed by atoms with Gasteiger partial charge in [0.15, 0.2) is 5.78 Å². The van der Waals surface area contributed by atoms with Crippen LogP contribution in [-0.2, 0) is 11.3 Å². The molecule has 2 rings (SSSR count). The Balaban J connectivity index is 0. The molecule has 1 atom stereocenters. The summed E-state index contributed by atoms with van der Waals surface area (Å²) in [5.74, 6) is 1.02. The minimum Gasteiger partial charge on any atom is -0.302 e. The number of allylic oxidation sites excluding steroid dienone is 7. The van der Waals surface area contributed by atoms with Gasteiger partial charge in [-0.25, -0.2) is 0 Å². The van der Waals surface area contributed by atoms with Gasteiger partial charge >= 0.3 is 0 Å². The lowest BCUT2D eigenvalue weighted by atomic mass is 9.94. The van der Waals surface area contributed by atoms with Gasteiger partial charge in [-0.05, 0) is 89.6 Å². The van der Waals surface area contributed by atoms with Gasteiger partial charge in [0.25, 0.3) is 0 Å². The minimum atomic E-state index is -0.181. The van der Waals surface area contributed by atoms with Crippen LogP contribution in [0.3, 0.4) is 0 Å². The fourth-order valence-corrected chi connectivity index (χ4v) is 5.36. The summed E-state index contributed by atoms with van der Waals surface area (Å²) in [5.41, 5.74) is 4.86. The molecule has 49 heavy (non-hydrogen) atoms. The van der Waals surface area contributed by atoms with Crippen LogP contribution in [0.1, 0.15) is 139 Å². The highest BCUT2D eigenvalue weighted by atomic mass is 19.1. The zero-order valence-electron chi connectivity index (χ0n) is 33.7. The molecule has 0 fully saturated rings. The van der Waals surface area contributed by atoms with Crippen LogP contribution < -0.4 is 0 Å². The van der Waals surface area contributed by atoms with Gasteiger partial charge in [-0.3, -0.25) is 14.1 Å². The van der Waals surface area contributed by atoms with Crippen molar-refractivity contribution < 1.29 is 9.18 Å². The van der Waals surface area contributed by atoms with Crippen LogP contribution in [0.2, 0.25) is 0 Å². The summed E-state index contributed by atoms with van der Waals surface area (Å²) in [6.45, 7) is 23.5. The first-order valence-corrected chi connectivity index (χ1v) is 19.8. The summed E-state index contributed by atoms with van der Waals surface area (Å²) >= 11 is 0. The maximum Gasteiger partial charge on any atom is 0.162 e. The largest absolute Gasteiger partial charge is 0.302 e. The topological polar surface area (TPSA) is 23.6 Å². The van der Waals surface area contributed by atoms with Crippen LogP contribution in [0, 0.1) is 5.92 Å². The van der Waals surface area contributed by atoms with Crippen molar-refractivity contribution in [2.24, 2.45) is 5.92 Å². The van der Waals surface area contributed by atoms with Crippen molar-refractivity contribution >= 4 is 5.78 Å². The van der Waals surface area contributed by atoms with Crippen molar-refractivity contribution in [2.75, 3.05) is 39.9 Å². The number of hydrogen-bond acceptors (Lipinski definition) is 3. The molecule has 0 heterocycles. The SMILES string of the molecule is CC.CC.CCCF.C\C=C(/C=C\C(C)=C\CN(CCCC)Cc1ccccc1)C(=O)CCCCC(CC)CCN(C)CC1=CCCC=C1. The summed E-state index contributed by atoms with van der Waals surface area (Å²) in [4.78, 5) is 17.9. The Morgan fingerprint density at radius 2 is 1.59 bits per heavy atom. The van der Waals surface area contributed by atoms with Gasteiger partial charge in [-0.2, -0.15) is 0 Å². The van der Waals surface area contributed by atoms with Crippen molar-refractivity contribution in [2.45, 2.75) is 139 Å². The predicted octanol–water partition coefficient (Wildman–Crippen LogP) is 12.9. The summed E-state index contributed by atoms with van der Waals surface area (Å²) in [6.07, 6.45) is 27.2. The number of Topliss-reactive ketones (excluding diaryl/α,β-unsaturated/α-hetero) is 1. The number of unbranched alkanes of at least 4 members (excludes halogenated alkanes) is 2. The standard InChI is InChI=1S/C38H58N2O.C3H7F.2C2H6/c1-6-9-28-40(32-36-21-14-11-15-22-36)30-26-33(4)24-25-37(8-3)38(41)23-17-16-18-34(7-2)27-29-39(5)31-35-19-12-10-13-20-35;1-2-3-4;2*1-2/h8,11-12,14-15,19-22,24-26,34H,6-7,9-10,13,16-18,23,27-32H2,1-5H3;2-3H2,1H3;2*1-2H3/b25-24-,33-26+,37-8+;;;. The molecule has 0 saturated carbocycles. The number of benzene rings is 1. The van der Waals surface area contributed by atoms with Gasteiger partial charge in [0, 0.05) is 31.6 Å². The predicted molar refractivity (Wildman–Crippen MR) is 218 cm³/mol. The van der Waals surface area contributed by atoms with Gasteiger partial charge in [0.05, 0.1) is 6.67 Å². The van der Waals surface area contributed by atoms with E-state index in [1.54, 1.807) is 6.92 Å². The Morgan fingerprint density at radius 1 is 0.898 bits per heavy atom. The van der Waals surface area contributed by atoms with Gasteiger partial charge in [-0.1, -0.05) is 153 Å². The van der Waals surface area contributed by atoms with Gasteiger partial charge in [0.1, 0.15) is 0 Å². The summed E-state index contributed by atoms with van der Waals surface area (Å²) < 4.78 is 10.7. The zero-order chi connectivity index (χ0) is 37.1. The summed E-state index contributed by atoms with van der Waals surface area (Å²) in [7, 11) is 2.24. The van der Waals surface area contributed by atoms with Gasteiger partial charge in [0.2, 0.25) is 0 Å². The third kappa shape index (κ3) is 26.9. The first kappa shape index (κ1) is 48.6. The monoisotopic (exact) mass is 681 g/mol. The first-order valence-electron chi connectivity index (χ1n) is 19.8. The van der Waals surface area contributed by atoms with Crippen molar-refractivity contribution in [3.8, 4) is 0 Å². The Morgan fingerprint density at radius 3 is 2.16 bits per heavy atom. The summed E-state index contributed by atoms with van der Waals surface area (Å²) in [6, 6.07) is 10.7. The molecule has 1 unspecified atom stereocenters. The second-order valence-electron chi connectivity index (χ2n) is 12.5. The maximum absolute atomic E-state index is 12.9. The van der Waals surface area contributed by atoms with E-state index in [9.17, 15) is 9.18 Å². The second kappa shape index (κ2) is 35.3. The molecule has 0 saturated heterocycles. The fourth-order valence-electron chi connectivity index (χ4n) is 5.36. The van der Waals surface area contributed by atoms with Crippen molar-refractivity contribution in [1.29, 1.82) is 0 Å². The molecule has 1 aliphatic carbocycles. The molecule has 3 nitrogen and oxygen atoms in total. The van der Waals surface area contributed by atoms with E-state index >= 15 is 0 Å². The molecule has 0 amide bonds. The van der Waals surface area contributed by atoms with Crippen LogP contribution in [0.25, 0.3) is 0 Å². The van der Waals surface area contributed by atoms with E-state index in [0.717, 1.165) is 57.1 Å². The van der Waals surface area contributed by atoms with E-state index < -0.39 is 0 Å². The quantitative estimate of drug-likeness (QED) is 0.0692. The van der Waals surface area contributed by atoms with E-state index in [-0.39, 0.29) is 12.5 Å². The molecule has 280 valence electrons. The van der Waals surface area contributed by atoms with Gasteiger partial charge < -0.3 is 4.90 Å². The summed E-state index contributed by atoms with van der Waals surface area (Å²) in [5, 5.41) is 0. The lowest BCUT2D eigenvalue weighted by Crippen LogP contribution is -2.24. The van der Waals surface area contributed by atoms with E-state index in [1.165, 1.54) is 61.7 Å². The Labute approximate surface area is 304 Å². The van der Waals surface area contributed by atoms with Crippen molar-refractivity contribution in [3.63, 3.8) is 0 Å². The Hall–Kier alpha value is -2.56. The van der Waals surface area contributed by atoms with E-state index in [2.05, 4.69) is 98.3 Å². The first-order chi connectivity index (χ1) is 23.9. The zero-order valence-corrected chi connectivity index (χ0v) is 33.7. The molecule has 0 bridgehead atoms. The highest BCUT2D eigenvalue weighted by molar-refractivity contribution is 5.97. The van der Waals surface area contributed by atoms with Crippen LogP contribution >= 0.6 is 0 Å². The Bertz CT molecular complexity index is 1050. The fraction of sp³-hybridized carbons (Fsp3) is 0.622. The third-order valence-corrected chi connectivity index (χ3v) is 8.38. The lowest BCUT2D eigenvalue weighted by molar-refractivity contribution is -0.115. The molecule has 0 spiro atoms. The maximum atomic E-state index is 12.9. The van der Waals surface area contributed by atoms with Crippen molar-refractivity contribution in [1.82, 2.24) is 9.80 Å². The lowest BCUT2D eigenvalue weighted by Gasteiger charge is -2.22. The molecular weight excluding hydrogens is 604 g/mol. The molecule has 1 aromatic rings.